The third-order valence-corrected chi connectivity index (χ3v) is 7.03. The second-order valence-corrected chi connectivity index (χ2v) is 9.46. The Morgan fingerprint density at radius 3 is 2.44 bits per heavy atom. The van der Waals surface area contributed by atoms with Crippen molar-refractivity contribution in [1.82, 2.24) is 14.9 Å². The van der Waals surface area contributed by atoms with Crippen molar-refractivity contribution in [3.8, 4) is 0 Å². The van der Waals surface area contributed by atoms with Gasteiger partial charge in [0.05, 0.1) is 25.5 Å². The molecule has 2 aromatic rings. The van der Waals surface area contributed by atoms with E-state index in [-0.39, 0.29) is 5.91 Å². The molecule has 0 N–H and O–H groups in total. The van der Waals surface area contributed by atoms with Crippen molar-refractivity contribution < 1.29 is 9.53 Å². The summed E-state index contributed by atoms with van der Waals surface area (Å²) in [5.74, 6) is 2.59. The highest BCUT2D eigenvalue weighted by Crippen LogP contribution is 2.32. The van der Waals surface area contributed by atoms with Gasteiger partial charge in [-0.3, -0.25) is 4.79 Å². The number of benzene rings is 1. The molecule has 0 saturated carbocycles. The summed E-state index contributed by atoms with van der Waals surface area (Å²) >= 11 is 6.01. The van der Waals surface area contributed by atoms with Crippen LogP contribution in [0, 0.1) is 5.92 Å². The second kappa shape index (κ2) is 9.24. The molecule has 4 heterocycles. The first-order chi connectivity index (χ1) is 15.6. The van der Waals surface area contributed by atoms with Crippen molar-refractivity contribution in [3.05, 3.63) is 46.1 Å². The van der Waals surface area contributed by atoms with Crippen LogP contribution in [0.2, 0.25) is 5.02 Å². The number of nitrogens with zero attached hydrogens (tertiary/aromatic N) is 5. The van der Waals surface area contributed by atoms with E-state index in [9.17, 15) is 4.79 Å². The smallest absolute Gasteiger partial charge is 0.254 e. The number of piperidine rings is 1. The maximum Gasteiger partial charge on any atom is 0.254 e. The lowest BCUT2D eigenvalue weighted by atomic mass is 9.98. The highest BCUT2D eigenvalue weighted by atomic mass is 35.5. The van der Waals surface area contributed by atoms with E-state index in [2.05, 4.69) is 16.7 Å². The Morgan fingerprint density at radius 2 is 1.72 bits per heavy atom. The Hall–Kier alpha value is -2.38. The minimum atomic E-state index is 0.0304. The first-order valence-corrected chi connectivity index (χ1v) is 12.0. The summed E-state index contributed by atoms with van der Waals surface area (Å²) in [7, 11) is 0. The van der Waals surface area contributed by atoms with E-state index in [1.807, 2.05) is 4.90 Å². The van der Waals surface area contributed by atoms with Crippen LogP contribution < -0.4 is 9.80 Å². The zero-order chi connectivity index (χ0) is 22.1. The van der Waals surface area contributed by atoms with Crippen molar-refractivity contribution in [2.24, 2.45) is 5.92 Å². The summed E-state index contributed by atoms with van der Waals surface area (Å²) in [5.41, 5.74) is 2.84. The van der Waals surface area contributed by atoms with Gasteiger partial charge in [-0.2, -0.15) is 4.98 Å². The lowest BCUT2D eigenvalue weighted by molar-refractivity contribution is 0.0733. The van der Waals surface area contributed by atoms with E-state index >= 15 is 0 Å². The largest absolute Gasteiger partial charge is 0.378 e. The van der Waals surface area contributed by atoms with Crippen LogP contribution in [0.25, 0.3) is 0 Å². The van der Waals surface area contributed by atoms with Crippen molar-refractivity contribution in [3.63, 3.8) is 0 Å². The Balaban J connectivity index is 1.46. The molecule has 1 aromatic carbocycles. The van der Waals surface area contributed by atoms with E-state index in [4.69, 9.17) is 26.3 Å². The van der Waals surface area contributed by atoms with Gasteiger partial charge in [0, 0.05) is 55.3 Å². The predicted octanol–water partition coefficient (Wildman–Crippen LogP) is 3.40. The summed E-state index contributed by atoms with van der Waals surface area (Å²) in [6.45, 7) is 8.56. The van der Waals surface area contributed by atoms with Crippen LogP contribution >= 0.6 is 11.6 Å². The number of rotatable bonds is 3. The van der Waals surface area contributed by atoms with Gasteiger partial charge in [0.2, 0.25) is 5.95 Å². The van der Waals surface area contributed by atoms with Crippen molar-refractivity contribution >= 4 is 29.3 Å². The molecule has 2 saturated heterocycles. The molecule has 3 aliphatic heterocycles. The monoisotopic (exact) mass is 455 g/mol. The third-order valence-electron chi connectivity index (χ3n) is 6.78. The maximum absolute atomic E-state index is 13.2. The number of anilines is 2. The molecule has 1 aromatic heterocycles. The van der Waals surface area contributed by atoms with Crippen LogP contribution in [0.4, 0.5) is 11.8 Å². The fourth-order valence-corrected chi connectivity index (χ4v) is 4.85. The topological polar surface area (TPSA) is 61.8 Å². The van der Waals surface area contributed by atoms with Crippen LogP contribution in [0.5, 0.6) is 0 Å². The molecule has 0 unspecified atom stereocenters. The van der Waals surface area contributed by atoms with Crippen molar-refractivity contribution in [2.75, 3.05) is 55.7 Å². The van der Waals surface area contributed by atoms with Gasteiger partial charge < -0.3 is 19.4 Å². The van der Waals surface area contributed by atoms with Crippen molar-refractivity contribution in [1.29, 1.82) is 0 Å². The zero-order valence-corrected chi connectivity index (χ0v) is 19.4. The highest BCUT2D eigenvalue weighted by molar-refractivity contribution is 6.30. The Morgan fingerprint density at radius 1 is 1.00 bits per heavy atom. The number of amides is 1. The van der Waals surface area contributed by atoms with Gasteiger partial charge >= 0.3 is 0 Å². The minimum Gasteiger partial charge on any atom is -0.378 e. The molecular weight excluding hydrogens is 426 g/mol. The number of carbonyl (C=O) groups is 1. The van der Waals surface area contributed by atoms with Gasteiger partial charge in [-0.25, -0.2) is 4.98 Å². The molecule has 0 aliphatic carbocycles. The number of ether oxygens (including phenoxy) is 1. The van der Waals surface area contributed by atoms with Gasteiger partial charge in [0.1, 0.15) is 5.82 Å². The average Bonchev–Trinajstić information content (AvgIpc) is 2.84. The molecule has 32 heavy (non-hydrogen) atoms. The minimum absolute atomic E-state index is 0.0304. The first kappa shape index (κ1) is 21.5. The fraction of sp³-hybridized carbons (Fsp3) is 0.542. The van der Waals surface area contributed by atoms with Crippen LogP contribution in [-0.4, -0.2) is 66.7 Å². The summed E-state index contributed by atoms with van der Waals surface area (Å²) in [6.07, 6.45) is 3.07. The zero-order valence-electron chi connectivity index (χ0n) is 18.6. The van der Waals surface area contributed by atoms with E-state index in [0.717, 1.165) is 61.5 Å². The molecule has 0 spiro atoms. The van der Waals surface area contributed by atoms with Crippen LogP contribution in [0.1, 0.15) is 41.4 Å². The number of aromatic nitrogens is 2. The number of fused-ring (bicyclic) bond motifs is 1. The summed E-state index contributed by atoms with van der Waals surface area (Å²) < 4.78 is 5.52. The highest BCUT2D eigenvalue weighted by Gasteiger charge is 2.30. The van der Waals surface area contributed by atoms with Gasteiger partial charge in [0.25, 0.3) is 5.91 Å². The first-order valence-electron chi connectivity index (χ1n) is 11.6. The Bertz CT molecular complexity index is 969. The normalized spacial score (nSPS) is 19.8. The molecule has 7 nitrogen and oxygen atoms in total. The van der Waals surface area contributed by atoms with Gasteiger partial charge in [0.15, 0.2) is 0 Å². The molecule has 0 atom stereocenters. The lowest BCUT2D eigenvalue weighted by Crippen LogP contribution is -2.42. The van der Waals surface area contributed by atoms with Crippen LogP contribution in [0.3, 0.4) is 0 Å². The van der Waals surface area contributed by atoms with Crippen molar-refractivity contribution in [2.45, 2.75) is 32.7 Å². The Kier molecular flexibility index (Phi) is 6.20. The molecule has 2 fully saturated rings. The number of halogens is 1. The number of hydrogen-bond acceptors (Lipinski definition) is 6. The van der Waals surface area contributed by atoms with Crippen LogP contribution in [0.15, 0.2) is 24.3 Å². The predicted molar refractivity (Wildman–Crippen MR) is 126 cm³/mol. The van der Waals surface area contributed by atoms with E-state index < -0.39 is 0 Å². The standard InChI is InChI=1S/C24H30ClN5O2/c1-17-6-9-28(10-7-17)22-20-16-30(23(31)18-2-4-19(25)5-3-18)11-8-21(20)26-24(27-22)29-12-14-32-15-13-29/h2-5,17H,6-16H2,1H3. The lowest BCUT2D eigenvalue weighted by Gasteiger charge is -2.37. The fourth-order valence-electron chi connectivity index (χ4n) is 4.72. The maximum atomic E-state index is 13.2. The molecule has 0 bridgehead atoms. The van der Waals surface area contributed by atoms with E-state index in [1.165, 1.54) is 12.8 Å². The van der Waals surface area contributed by atoms with Gasteiger partial charge in [-0.05, 0) is 43.0 Å². The second-order valence-electron chi connectivity index (χ2n) is 9.03. The average molecular weight is 456 g/mol. The summed E-state index contributed by atoms with van der Waals surface area (Å²) in [6, 6.07) is 7.13. The number of carbonyl (C=O) groups excluding carboxylic acids is 1. The molecular formula is C24H30ClN5O2. The molecule has 170 valence electrons. The van der Waals surface area contributed by atoms with Gasteiger partial charge in [-0.15, -0.1) is 0 Å². The van der Waals surface area contributed by atoms with Crippen LogP contribution in [-0.2, 0) is 17.7 Å². The molecule has 5 rings (SSSR count). The Labute approximate surface area is 194 Å². The summed E-state index contributed by atoms with van der Waals surface area (Å²) in [4.78, 5) is 29.7. The van der Waals surface area contributed by atoms with E-state index in [0.29, 0.717) is 36.9 Å². The summed E-state index contributed by atoms with van der Waals surface area (Å²) in [5, 5.41) is 0.635. The number of morpholine rings is 1. The molecule has 0 radical (unpaired) electrons. The number of hydrogen-bond donors (Lipinski definition) is 0. The SMILES string of the molecule is CC1CCN(c2nc(N3CCOCC3)nc3c2CN(C(=O)c2ccc(Cl)cc2)CC3)CC1. The molecule has 1 amide bonds. The van der Waals surface area contributed by atoms with E-state index in [1.54, 1.807) is 24.3 Å². The molecule has 8 heteroatoms. The van der Waals surface area contributed by atoms with Gasteiger partial charge in [-0.1, -0.05) is 18.5 Å². The third kappa shape index (κ3) is 4.41. The molecule has 3 aliphatic rings. The quantitative estimate of drug-likeness (QED) is 0.706.